The van der Waals surface area contributed by atoms with Gasteiger partial charge in [0.15, 0.2) is 0 Å². The number of nitrogens with one attached hydrogen (secondary N) is 1. The van der Waals surface area contributed by atoms with E-state index in [1.54, 1.807) is 0 Å². The lowest BCUT2D eigenvalue weighted by Gasteiger charge is -2.04. The van der Waals surface area contributed by atoms with Crippen LogP contribution in [-0.4, -0.2) is 16.6 Å². The molecule has 1 aliphatic rings. The molecular weight excluding hydrogens is 272 g/mol. The summed E-state index contributed by atoms with van der Waals surface area (Å²) in [6.07, 6.45) is 1.59. The fourth-order valence-corrected chi connectivity index (χ4v) is 3.32. The van der Waals surface area contributed by atoms with Crippen molar-refractivity contribution in [2.45, 2.75) is 12.8 Å². The first-order chi connectivity index (χ1) is 9.79. The van der Waals surface area contributed by atoms with Gasteiger partial charge < -0.3 is 9.72 Å². The fourth-order valence-electron chi connectivity index (χ4n) is 2.54. The van der Waals surface area contributed by atoms with Crippen LogP contribution in [0.4, 0.5) is 0 Å². The molecule has 20 heavy (non-hydrogen) atoms. The summed E-state index contributed by atoms with van der Waals surface area (Å²) >= 11 is 1.50. The second-order valence-electron chi connectivity index (χ2n) is 4.87. The van der Waals surface area contributed by atoms with Crippen LogP contribution in [-0.2, 0) is 12.8 Å². The van der Waals surface area contributed by atoms with Gasteiger partial charge >= 0.3 is 0 Å². The quantitative estimate of drug-likeness (QED) is 0.786. The Morgan fingerprint density at radius 2 is 2.30 bits per heavy atom. The average molecular weight is 284 g/mol. The number of nitrogens with zero attached hydrogens (tertiary/aromatic N) is 1. The van der Waals surface area contributed by atoms with Crippen molar-refractivity contribution < 1.29 is 4.74 Å². The molecule has 3 heterocycles. The maximum absolute atomic E-state index is 11.9. The number of aromatic nitrogens is 2. The molecule has 1 aromatic carbocycles. The zero-order chi connectivity index (χ0) is 13.5. The van der Waals surface area contributed by atoms with Gasteiger partial charge in [-0.2, -0.15) is 0 Å². The number of thiophene rings is 1. The Hall–Kier alpha value is -2.14. The first-order valence-electron chi connectivity index (χ1n) is 6.50. The van der Waals surface area contributed by atoms with Gasteiger partial charge in [0.05, 0.1) is 12.0 Å². The van der Waals surface area contributed by atoms with Crippen LogP contribution >= 0.6 is 11.3 Å². The highest BCUT2D eigenvalue weighted by Crippen LogP contribution is 2.26. The first kappa shape index (κ1) is 11.7. The molecule has 4 nitrogen and oxygen atoms in total. The lowest BCUT2D eigenvalue weighted by atomic mass is 10.1. The second-order valence-corrected chi connectivity index (χ2v) is 5.76. The van der Waals surface area contributed by atoms with Gasteiger partial charge in [0, 0.05) is 12.8 Å². The summed E-state index contributed by atoms with van der Waals surface area (Å²) in [6, 6.07) is 7.98. The summed E-state index contributed by atoms with van der Waals surface area (Å²) < 4.78 is 5.50. The van der Waals surface area contributed by atoms with Gasteiger partial charge in [-0.1, -0.05) is 12.1 Å². The van der Waals surface area contributed by atoms with Crippen LogP contribution in [0, 0.1) is 0 Å². The summed E-state index contributed by atoms with van der Waals surface area (Å²) in [5.41, 5.74) is 2.33. The molecule has 0 bridgehead atoms. The molecule has 0 fully saturated rings. The summed E-state index contributed by atoms with van der Waals surface area (Å²) in [5.74, 6) is 1.69. The van der Waals surface area contributed by atoms with Crippen LogP contribution in [0.25, 0.3) is 10.2 Å². The third-order valence-electron chi connectivity index (χ3n) is 3.51. The molecule has 4 rings (SSSR count). The number of ether oxygens (including phenoxy) is 1. The molecule has 0 unspecified atom stereocenters. The number of fused-ring (bicyclic) bond motifs is 2. The van der Waals surface area contributed by atoms with Crippen molar-refractivity contribution in [2.75, 3.05) is 6.61 Å². The van der Waals surface area contributed by atoms with E-state index in [0.29, 0.717) is 17.6 Å². The monoisotopic (exact) mass is 284 g/mol. The van der Waals surface area contributed by atoms with Crippen molar-refractivity contribution >= 4 is 21.6 Å². The molecular formula is C15H12N2O2S. The maximum atomic E-state index is 11.9. The molecule has 0 aliphatic carbocycles. The van der Waals surface area contributed by atoms with Gasteiger partial charge in [-0.3, -0.25) is 4.79 Å². The highest BCUT2D eigenvalue weighted by atomic mass is 32.1. The van der Waals surface area contributed by atoms with Crippen LogP contribution in [0.5, 0.6) is 5.75 Å². The Labute approximate surface area is 119 Å². The van der Waals surface area contributed by atoms with E-state index in [9.17, 15) is 4.79 Å². The largest absolute Gasteiger partial charge is 0.493 e. The summed E-state index contributed by atoms with van der Waals surface area (Å²) in [5, 5.41) is 2.56. The summed E-state index contributed by atoms with van der Waals surface area (Å²) in [6.45, 7) is 0.759. The number of H-pyrrole nitrogens is 1. The molecule has 0 saturated carbocycles. The Bertz CT molecular complexity index is 850. The Morgan fingerprint density at radius 1 is 1.35 bits per heavy atom. The highest BCUT2D eigenvalue weighted by molar-refractivity contribution is 7.16. The van der Waals surface area contributed by atoms with Crippen molar-refractivity contribution in [3.63, 3.8) is 0 Å². The molecule has 0 saturated heterocycles. The minimum absolute atomic E-state index is 0.0595. The number of benzene rings is 1. The van der Waals surface area contributed by atoms with Crippen molar-refractivity contribution in [2.24, 2.45) is 0 Å². The Balaban J connectivity index is 1.72. The topological polar surface area (TPSA) is 55.0 Å². The van der Waals surface area contributed by atoms with Gasteiger partial charge in [0.2, 0.25) is 0 Å². The van der Waals surface area contributed by atoms with Crippen molar-refractivity contribution in [3.8, 4) is 5.75 Å². The average Bonchev–Trinajstić information content (AvgIpc) is 3.06. The number of hydrogen-bond donors (Lipinski definition) is 1. The summed E-state index contributed by atoms with van der Waals surface area (Å²) in [7, 11) is 0. The molecule has 0 radical (unpaired) electrons. The third kappa shape index (κ3) is 1.91. The van der Waals surface area contributed by atoms with Gasteiger partial charge in [-0.25, -0.2) is 4.98 Å². The van der Waals surface area contributed by atoms with Crippen LogP contribution in [0.3, 0.4) is 0 Å². The lowest BCUT2D eigenvalue weighted by Crippen LogP contribution is -2.10. The van der Waals surface area contributed by atoms with Crippen LogP contribution in [0.15, 0.2) is 34.4 Å². The number of rotatable bonds is 2. The molecule has 1 aliphatic heterocycles. The van der Waals surface area contributed by atoms with E-state index in [2.05, 4.69) is 16.0 Å². The minimum atomic E-state index is -0.0595. The number of aromatic amines is 1. The van der Waals surface area contributed by atoms with Crippen LogP contribution in [0.1, 0.15) is 17.0 Å². The van der Waals surface area contributed by atoms with Gasteiger partial charge in [-0.15, -0.1) is 11.3 Å². The van der Waals surface area contributed by atoms with E-state index >= 15 is 0 Å². The zero-order valence-electron chi connectivity index (χ0n) is 10.7. The summed E-state index contributed by atoms with van der Waals surface area (Å²) in [4.78, 5) is 20.1. The van der Waals surface area contributed by atoms with Crippen LogP contribution in [0.2, 0.25) is 0 Å². The maximum Gasteiger partial charge on any atom is 0.259 e. The Morgan fingerprint density at radius 3 is 3.25 bits per heavy atom. The molecule has 1 N–H and O–H groups in total. The Kier molecular flexibility index (Phi) is 2.60. The van der Waals surface area contributed by atoms with E-state index in [1.165, 1.54) is 16.9 Å². The predicted octanol–water partition coefficient (Wildman–Crippen LogP) is 2.51. The molecule has 3 aromatic rings. The molecule has 0 spiro atoms. The van der Waals surface area contributed by atoms with E-state index < -0.39 is 0 Å². The van der Waals surface area contributed by atoms with Crippen molar-refractivity contribution in [3.05, 3.63) is 57.0 Å². The fraction of sp³-hybridized carbons (Fsp3) is 0.200. The van der Waals surface area contributed by atoms with Gasteiger partial charge in [0.1, 0.15) is 16.4 Å². The van der Waals surface area contributed by atoms with Crippen molar-refractivity contribution in [1.29, 1.82) is 0 Å². The molecule has 5 heteroatoms. The van der Waals surface area contributed by atoms with Gasteiger partial charge in [-0.05, 0) is 28.6 Å². The minimum Gasteiger partial charge on any atom is -0.493 e. The van der Waals surface area contributed by atoms with E-state index in [0.717, 1.165) is 29.2 Å². The predicted molar refractivity (Wildman–Crippen MR) is 78.7 cm³/mol. The normalized spacial score (nSPS) is 13.4. The molecule has 100 valence electrons. The molecule has 0 amide bonds. The van der Waals surface area contributed by atoms with Crippen LogP contribution < -0.4 is 10.3 Å². The van der Waals surface area contributed by atoms with Gasteiger partial charge in [0.25, 0.3) is 5.56 Å². The zero-order valence-corrected chi connectivity index (χ0v) is 11.5. The molecule has 2 aromatic heterocycles. The SMILES string of the molecule is O=c1[nH]c(Cc2ccc3c(c2)CCO3)nc2sccc12. The molecule has 0 atom stereocenters. The standard InChI is InChI=1S/C15H12N2O2S/c18-14-11-4-6-20-15(11)17-13(16-14)8-9-1-2-12-10(7-9)3-5-19-12/h1-2,4,6-7H,3,5,8H2,(H,16,17,18). The van der Waals surface area contributed by atoms with E-state index in [-0.39, 0.29) is 5.56 Å². The van der Waals surface area contributed by atoms with E-state index in [4.69, 9.17) is 4.74 Å². The second kappa shape index (κ2) is 4.45. The smallest absolute Gasteiger partial charge is 0.259 e. The van der Waals surface area contributed by atoms with E-state index in [1.807, 2.05) is 23.6 Å². The highest BCUT2D eigenvalue weighted by Gasteiger charge is 2.13. The first-order valence-corrected chi connectivity index (χ1v) is 7.38. The number of hydrogen-bond acceptors (Lipinski definition) is 4. The third-order valence-corrected chi connectivity index (χ3v) is 4.32. The van der Waals surface area contributed by atoms with Crippen molar-refractivity contribution in [1.82, 2.24) is 9.97 Å². The lowest BCUT2D eigenvalue weighted by molar-refractivity contribution is 0.357.